The number of hydrogen-bond acceptors (Lipinski definition) is 4. The van der Waals surface area contributed by atoms with E-state index < -0.39 is 0 Å². The number of methoxy groups -OCH3 is 3. The summed E-state index contributed by atoms with van der Waals surface area (Å²) in [6, 6.07) is 14.7. The minimum Gasteiger partial charge on any atom is -0.493 e. The fourth-order valence-electron chi connectivity index (χ4n) is 3.25. The molecule has 24 heavy (non-hydrogen) atoms. The van der Waals surface area contributed by atoms with Crippen LogP contribution < -0.4 is 19.5 Å². The van der Waals surface area contributed by atoms with Gasteiger partial charge in [-0.2, -0.15) is 0 Å². The Morgan fingerprint density at radius 1 is 0.875 bits per heavy atom. The first-order valence-corrected chi connectivity index (χ1v) is 8.28. The van der Waals surface area contributed by atoms with Gasteiger partial charge in [-0.3, -0.25) is 0 Å². The van der Waals surface area contributed by atoms with E-state index in [0.717, 1.165) is 24.4 Å². The first kappa shape index (κ1) is 16.7. The van der Waals surface area contributed by atoms with Crippen LogP contribution in [0.3, 0.4) is 0 Å². The lowest BCUT2D eigenvalue weighted by Gasteiger charge is -2.19. The Balaban J connectivity index is 1.69. The van der Waals surface area contributed by atoms with Crippen LogP contribution in [0.2, 0.25) is 0 Å². The molecule has 3 rings (SSSR count). The Kier molecular flexibility index (Phi) is 4.95. The molecular formula is C20H25NO3. The molecule has 0 aliphatic heterocycles. The quantitative estimate of drug-likeness (QED) is 0.805. The molecule has 1 aliphatic rings. The maximum atomic E-state index is 5.55. The van der Waals surface area contributed by atoms with Crippen LogP contribution in [0.1, 0.15) is 24.0 Å². The third-order valence-corrected chi connectivity index (χ3v) is 4.80. The minimum atomic E-state index is 0.297. The van der Waals surface area contributed by atoms with Gasteiger partial charge in [0.15, 0.2) is 11.5 Å². The molecule has 1 N–H and O–H groups in total. The number of ether oxygens (including phenoxy) is 3. The van der Waals surface area contributed by atoms with Gasteiger partial charge in [-0.1, -0.05) is 36.4 Å². The molecule has 0 heterocycles. The summed E-state index contributed by atoms with van der Waals surface area (Å²) < 4.78 is 16.3. The van der Waals surface area contributed by atoms with Crippen molar-refractivity contribution >= 4 is 0 Å². The lowest BCUT2D eigenvalue weighted by Crippen LogP contribution is -2.26. The van der Waals surface area contributed by atoms with E-state index in [4.69, 9.17) is 14.2 Å². The SMILES string of the molecule is COc1ccc(CNCC2(c3ccccc3)CC2)c(OC)c1OC. The zero-order valence-electron chi connectivity index (χ0n) is 14.6. The fraction of sp³-hybridized carbons (Fsp3) is 0.400. The predicted octanol–water partition coefficient (Wildman–Crippen LogP) is 3.53. The summed E-state index contributed by atoms with van der Waals surface area (Å²) in [6.07, 6.45) is 2.49. The molecule has 0 spiro atoms. The van der Waals surface area contributed by atoms with Crippen molar-refractivity contribution in [3.05, 3.63) is 53.6 Å². The van der Waals surface area contributed by atoms with Gasteiger partial charge in [-0.25, -0.2) is 0 Å². The van der Waals surface area contributed by atoms with Gasteiger partial charge in [0.2, 0.25) is 5.75 Å². The van der Waals surface area contributed by atoms with E-state index in [1.54, 1.807) is 21.3 Å². The lowest BCUT2D eigenvalue weighted by atomic mass is 9.96. The van der Waals surface area contributed by atoms with E-state index >= 15 is 0 Å². The molecular weight excluding hydrogens is 302 g/mol. The molecule has 0 atom stereocenters. The average molecular weight is 327 g/mol. The summed E-state index contributed by atoms with van der Waals surface area (Å²) in [7, 11) is 4.92. The fourth-order valence-corrected chi connectivity index (χ4v) is 3.25. The van der Waals surface area contributed by atoms with Crippen molar-refractivity contribution in [3.63, 3.8) is 0 Å². The standard InChI is InChI=1S/C20H25NO3/c1-22-17-10-9-15(18(23-2)19(17)24-3)13-21-14-20(11-12-20)16-7-5-4-6-8-16/h4-10,21H,11-14H2,1-3H3. The molecule has 0 bridgehead atoms. The Morgan fingerprint density at radius 2 is 1.58 bits per heavy atom. The van der Waals surface area contributed by atoms with Gasteiger partial charge in [-0.05, 0) is 24.5 Å². The van der Waals surface area contributed by atoms with E-state index in [1.807, 2.05) is 12.1 Å². The lowest BCUT2D eigenvalue weighted by molar-refractivity contribution is 0.321. The van der Waals surface area contributed by atoms with Gasteiger partial charge in [0, 0.05) is 24.1 Å². The molecule has 2 aromatic carbocycles. The minimum absolute atomic E-state index is 0.297. The normalized spacial score (nSPS) is 15.0. The monoisotopic (exact) mass is 327 g/mol. The van der Waals surface area contributed by atoms with Crippen molar-refractivity contribution in [2.24, 2.45) is 0 Å². The summed E-state index contributed by atoms with van der Waals surface area (Å²) in [4.78, 5) is 0. The molecule has 0 aromatic heterocycles. The molecule has 128 valence electrons. The van der Waals surface area contributed by atoms with Gasteiger partial charge >= 0.3 is 0 Å². The molecule has 1 fully saturated rings. The average Bonchev–Trinajstić information content (AvgIpc) is 3.42. The Morgan fingerprint density at radius 3 is 2.17 bits per heavy atom. The first-order valence-electron chi connectivity index (χ1n) is 8.28. The third kappa shape index (κ3) is 3.20. The van der Waals surface area contributed by atoms with E-state index in [-0.39, 0.29) is 0 Å². The number of nitrogens with one attached hydrogen (secondary N) is 1. The van der Waals surface area contributed by atoms with Crippen LogP contribution in [0.15, 0.2) is 42.5 Å². The third-order valence-electron chi connectivity index (χ3n) is 4.80. The Labute approximate surface area is 143 Å². The second kappa shape index (κ2) is 7.14. The van der Waals surface area contributed by atoms with E-state index in [9.17, 15) is 0 Å². The highest BCUT2D eigenvalue weighted by Gasteiger charge is 2.43. The predicted molar refractivity (Wildman–Crippen MR) is 95.2 cm³/mol. The van der Waals surface area contributed by atoms with Gasteiger partial charge in [-0.15, -0.1) is 0 Å². The second-order valence-corrected chi connectivity index (χ2v) is 6.24. The van der Waals surface area contributed by atoms with Crippen molar-refractivity contribution in [2.45, 2.75) is 24.8 Å². The summed E-state index contributed by atoms with van der Waals surface area (Å²) in [5.41, 5.74) is 2.79. The first-order chi connectivity index (χ1) is 11.7. The maximum Gasteiger partial charge on any atom is 0.203 e. The van der Waals surface area contributed by atoms with Crippen LogP contribution in [0.25, 0.3) is 0 Å². The van der Waals surface area contributed by atoms with Crippen LogP contribution >= 0.6 is 0 Å². The molecule has 0 unspecified atom stereocenters. The second-order valence-electron chi connectivity index (χ2n) is 6.24. The zero-order chi connectivity index (χ0) is 17.0. The van der Waals surface area contributed by atoms with Crippen LogP contribution in [-0.4, -0.2) is 27.9 Å². The molecule has 2 aromatic rings. The van der Waals surface area contributed by atoms with Gasteiger partial charge < -0.3 is 19.5 Å². The smallest absolute Gasteiger partial charge is 0.203 e. The highest BCUT2D eigenvalue weighted by atomic mass is 16.5. The molecule has 0 saturated heterocycles. The number of rotatable bonds is 8. The van der Waals surface area contributed by atoms with Crippen LogP contribution in [-0.2, 0) is 12.0 Å². The molecule has 1 aliphatic carbocycles. The Bertz CT molecular complexity index is 681. The van der Waals surface area contributed by atoms with Crippen LogP contribution in [0.4, 0.5) is 0 Å². The van der Waals surface area contributed by atoms with E-state index in [2.05, 4.69) is 35.6 Å². The largest absolute Gasteiger partial charge is 0.493 e. The molecule has 1 saturated carbocycles. The number of hydrogen-bond donors (Lipinski definition) is 1. The molecule has 0 radical (unpaired) electrons. The van der Waals surface area contributed by atoms with Crippen LogP contribution in [0, 0.1) is 0 Å². The van der Waals surface area contributed by atoms with Gasteiger partial charge in [0.05, 0.1) is 21.3 Å². The molecule has 4 heteroatoms. The van der Waals surface area contributed by atoms with Crippen molar-refractivity contribution in [2.75, 3.05) is 27.9 Å². The van der Waals surface area contributed by atoms with E-state index in [1.165, 1.54) is 18.4 Å². The van der Waals surface area contributed by atoms with Crippen molar-refractivity contribution < 1.29 is 14.2 Å². The summed E-state index contributed by atoms with van der Waals surface area (Å²) in [6.45, 7) is 1.70. The maximum absolute atomic E-state index is 5.55. The van der Waals surface area contributed by atoms with Crippen molar-refractivity contribution in [3.8, 4) is 17.2 Å². The summed E-state index contributed by atoms with van der Waals surface area (Å²) in [5, 5.41) is 3.59. The highest BCUT2D eigenvalue weighted by Crippen LogP contribution is 2.47. The molecule has 4 nitrogen and oxygen atoms in total. The number of benzene rings is 2. The van der Waals surface area contributed by atoms with Crippen LogP contribution in [0.5, 0.6) is 17.2 Å². The van der Waals surface area contributed by atoms with Crippen molar-refractivity contribution in [1.29, 1.82) is 0 Å². The topological polar surface area (TPSA) is 39.7 Å². The highest BCUT2D eigenvalue weighted by molar-refractivity contribution is 5.55. The Hall–Kier alpha value is -2.20. The molecule has 0 amide bonds. The van der Waals surface area contributed by atoms with Crippen molar-refractivity contribution in [1.82, 2.24) is 5.32 Å². The summed E-state index contributed by atoms with van der Waals surface area (Å²) in [5.74, 6) is 2.05. The summed E-state index contributed by atoms with van der Waals surface area (Å²) >= 11 is 0. The van der Waals surface area contributed by atoms with Gasteiger partial charge in [0.1, 0.15) is 0 Å². The van der Waals surface area contributed by atoms with E-state index in [0.29, 0.717) is 16.9 Å². The zero-order valence-corrected chi connectivity index (χ0v) is 14.6. The van der Waals surface area contributed by atoms with Gasteiger partial charge in [0.25, 0.3) is 0 Å².